The summed E-state index contributed by atoms with van der Waals surface area (Å²) in [6, 6.07) is 12.8. The van der Waals surface area contributed by atoms with Crippen LogP contribution in [-0.4, -0.2) is 68.5 Å². The quantitative estimate of drug-likeness (QED) is 0.290. The van der Waals surface area contributed by atoms with Gasteiger partial charge in [-0.05, 0) is 104 Å². The van der Waals surface area contributed by atoms with Gasteiger partial charge in [0.1, 0.15) is 15.7 Å². The molecule has 3 aliphatic heterocycles. The summed E-state index contributed by atoms with van der Waals surface area (Å²) < 4.78 is 35.3. The lowest BCUT2D eigenvalue weighted by molar-refractivity contribution is -0.0273. The number of halogens is 1. The molecule has 2 bridgehead atoms. The van der Waals surface area contributed by atoms with Gasteiger partial charge in [0.2, 0.25) is 0 Å². The molecule has 13 heteroatoms. The minimum absolute atomic E-state index is 0.0697. The van der Waals surface area contributed by atoms with Crippen LogP contribution in [0.15, 0.2) is 65.2 Å². The van der Waals surface area contributed by atoms with Crippen LogP contribution in [0.3, 0.4) is 0 Å². The second-order valence-electron chi connectivity index (χ2n) is 14.7. The number of aryl methyl sites for hydroxylation is 1. The van der Waals surface area contributed by atoms with E-state index in [1.54, 1.807) is 30.5 Å². The lowest BCUT2D eigenvalue weighted by Gasteiger charge is -2.42. The highest BCUT2D eigenvalue weighted by Gasteiger charge is 2.37. The average molecular weight is 751 g/mol. The number of carbonyl (C=O) groups is 2. The highest BCUT2D eigenvalue weighted by atomic mass is 35.5. The second-order valence-corrected chi connectivity index (χ2v) is 17.1. The number of fused-ring (bicyclic) bond motifs is 4. The fourth-order valence-electron chi connectivity index (χ4n) is 7.70. The van der Waals surface area contributed by atoms with Crippen LogP contribution in [0.2, 0.25) is 5.02 Å². The molecule has 1 fully saturated rings. The molecule has 2 aromatic carbocycles. The van der Waals surface area contributed by atoms with Gasteiger partial charge in [-0.25, -0.2) is 4.21 Å². The van der Waals surface area contributed by atoms with E-state index in [2.05, 4.69) is 20.1 Å². The zero-order chi connectivity index (χ0) is 36.4. The van der Waals surface area contributed by atoms with E-state index in [4.69, 9.17) is 21.1 Å². The first-order valence-corrected chi connectivity index (χ1v) is 20.3. The number of hydrogen-bond acceptors (Lipinski definition) is 8. The third-order valence-corrected chi connectivity index (χ3v) is 12.9. The standard InChI is InChI=1S/C39H47ClN4O7S/c1-25-5-4-7-36(46)34-12-9-29(34)19-44-18-28-8-11-31(40)15-26(28)6-2-3-14-50-37-13-10-27(17-35(37)44)38(47)41-52(49,24-25)42-39(48)30-16-32-23-51-33(22-45)21-43(32)20-30/h4,7-8,10-11,13,15-17,20,25,29,33-34,36,45-46H,2-3,5-6,9,12,14,18-19,21-24H2,1H3,(H,41,42,47,48,49)/b7-4+/t25-,29-,33+,34+,36-,52?/m0/s1. The number of carbonyl (C=O) groups excluding carboxylic acids is 2. The summed E-state index contributed by atoms with van der Waals surface area (Å²) >= 11 is 6.44. The Morgan fingerprint density at radius 1 is 1.12 bits per heavy atom. The molecule has 1 aromatic heterocycles. The molecule has 4 aliphatic rings. The Morgan fingerprint density at radius 2 is 1.98 bits per heavy atom. The van der Waals surface area contributed by atoms with Crippen LogP contribution >= 0.6 is 11.6 Å². The summed E-state index contributed by atoms with van der Waals surface area (Å²) in [6.45, 7) is 4.03. The number of nitrogens with one attached hydrogen (secondary N) is 1. The van der Waals surface area contributed by atoms with Crippen molar-refractivity contribution in [1.29, 1.82) is 0 Å². The van der Waals surface area contributed by atoms with Gasteiger partial charge < -0.3 is 29.2 Å². The third-order valence-electron chi connectivity index (χ3n) is 10.7. The predicted molar refractivity (Wildman–Crippen MR) is 200 cm³/mol. The van der Waals surface area contributed by atoms with Crippen LogP contribution < -0.4 is 14.4 Å². The molecule has 7 rings (SSSR count). The molecule has 2 amide bonds. The van der Waals surface area contributed by atoms with Gasteiger partial charge in [-0.2, -0.15) is 0 Å². The van der Waals surface area contributed by atoms with Crippen LogP contribution in [0.1, 0.15) is 76.6 Å². The van der Waals surface area contributed by atoms with Crippen molar-refractivity contribution >= 4 is 39.0 Å². The molecule has 1 saturated carbocycles. The SMILES string of the molecule is C[C@H]1C/C=C/[C@H](O)[C@@H]2CC[C@H]2CN2Cc3ccc(Cl)cc3CCCCOc3ccc(cc32)C(=O)N=S(=O)(NC(=O)c2cc3n(c2)C[C@H](CO)OC3)C1. The lowest BCUT2D eigenvalue weighted by Crippen LogP contribution is -2.43. The second kappa shape index (κ2) is 15.7. The van der Waals surface area contributed by atoms with E-state index in [0.717, 1.165) is 49.0 Å². The van der Waals surface area contributed by atoms with E-state index in [1.807, 2.05) is 35.8 Å². The van der Waals surface area contributed by atoms with E-state index in [1.165, 1.54) is 5.56 Å². The monoisotopic (exact) mass is 750 g/mol. The Balaban J connectivity index is 1.27. The van der Waals surface area contributed by atoms with Crippen LogP contribution in [-0.2, 0) is 40.8 Å². The average Bonchev–Trinajstić information content (AvgIpc) is 3.52. The summed E-state index contributed by atoms with van der Waals surface area (Å²) in [4.78, 5) is 29.9. The Bertz CT molecular complexity index is 1970. The number of nitrogens with zero attached hydrogens (tertiary/aromatic N) is 3. The maximum atomic E-state index is 14.6. The van der Waals surface area contributed by atoms with E-state index in [0.29, 0.717) is 43.4 Å². The molecule has 52 heavy (non-hydrogen) atoms. The van der Waals surface area contributed by atoms with Crippen LogP contribution in [0.4, 0.5) is 5.69 Å². The first-order chi connectivity index (χ1) is 25.1. The van der Waals surface area contributed by atoms with E-state index in [-0.39, 0.29) is 54.0 Å². The van der Waals surface area contributed by atoms with Crippen molar-refractivity contribution in [3.05, 3.63) is 93.8 Å². The number of hydrogen-bond donors (Lipinski definition) is 3. The highest BCUT2D eigenvalue weighted by molar-refractivity contribution is 7.92. The van der Waals surface area contributed by atoms with Gasteiger partial charge in [-0.15, -0.1) is 4.36 Å². The number of amides is 2. The molecule has 0 saturated heterocycles. The van der Waals surface area contributed by atoms with E-state index >= 15 is 0 Å². The Labute approximate surface area is 310 Å². The third kappa shape index (κ3) is 8.26. The number of rotatable bonds is 3. The molecule has 11 nitrogen and oxygen atoms in total. The highest BCUT2D eigenvalue weighted by Crippen LogP contribution is 2.41. The largest absolute Gasteiger partial charge is 0.491 e. The molecule has 1 aliphatic carbocycles. The van der Waals surface area contributed by atoms with E-state index in [9.17, 15) is 24.0 Å². The first-order valence-electron chi connectivity index (χ1n) is 18.2. The maximum Gasteiger partial charge on any atom is 0.286 e. The van der Waals surface area contributed by atoms with Gasteiger partial charge in [0.05, 0.1) is 55.6 Å². The number of anilines is 1. The molecule has 4 heterocycles. The van der Waals surface area contributed by atoms with Crippen LogP contribution in [0, 0.1) is 17.8 Å². The summed E-state index contributed by atoms with van der Waals surface area (Å²) in [5.41, 5.74) is 4.28. The molecular weight excluding hydrogens is 704 g/mol. The van der Waals surface area contributed by atoms with Gasteiger partial charge in [0, 0.05) is 35.6 Å². The van der Waals surface area contributed by atoms with E-state index < -0.39 is 27.8 Å². The normalized spacial score (nSPS) is 28.7. The van der Waals surface area contributed by atoms with Gasteiger partial charge in [0.25, 0.3) is 11.8 Å². The molecule has 1 unspecified atom stereocenters. The fourth-order valence-corrected chi connectivity index (χ4v) is 9.79. The molecule has 0 spiro atoms. The van der Waals surface area contributed by atoms with Gasteiger partial charge in [0.15, 0.2) is 0 Å². The van der Waals surface area contributed by atoms with Crippen molar-refractivity contribution in [2.45, 2.75) is 77.4 Å². The van der Waals surface area contributed by atoms with Gasteiger partial charge in [-0.1, -0.05) is 36.7 Å². The summed E-state index contributed by atoms with van der Waals surface area (Å²) in [7, 11) is -3.62. The summed E-state index contributed by atoms with van der Waals surface area (Å²) in [6.07, 6.45) is 9.35. The Kier molecular flexibility index (Phi) is 11.1. The van der Waals surface area contributed by atoms with Crippen molar-refractivity contribution < 1.29 is 33.5 Å². The molecule has 0 radical (unpaired) electrons. The van der Waals surface area contributed by atoms with Crippen molar-refractivity contribution in [3.63, 3.8) is 0 Å². The number of benzene rings is 2. The minimum atomic E-state index is -3.62. The maximum absolute atomic E-state index is 14.6. The minimum Gasteiger partial charge on any atom is -0.491 e. The van der Waals surface area contributed by atoms with Gasteiger partial charge in [-0.3, -0.25) is 14.3 Å². The summed E-state index contributed by atoms with van der Waals surface area (Å²) in [5, 5.41) is 21.5. The van der Waals surface area contributed by atoms with Crippen LogP contribution in [0.25, 0.3) is 0 Å². The number of ether oxygens (including phenoxy) is 2. The van der Waals surface area contributed by atoms with Crippen molar-refractivity contribution in [1.82, 2.24) is 9.29 Å². The molecule has 6 atom stereocenters. The van der Waals surface area contributed by atoms with Crippen LogP contribution in [0.5, 0.6) is 5.75 Å². The predicted octanol–water partition coefficient (Wildman–Crippen LogP) is 5.69. The van der Waals surface area contributed by atoms with Crippen molar-refractivity contribution in [2.24, 2.45) is 22.1 Å². The number of aromatic nitrogens is 1. The number of aliphatic hydroxyl groups is 2. The summed E-state index contributed by atoms with van der Waals surface area (Å²) in [5.74, 6) is -0.689. The molecule has 3 aromatic rings. The molecular formula is C39H47ClN4O7S. The van der Waals surface area contributed by atoms with Crippen molar-refractivity contribution in [3.8, 4) is 5.75 Å². The zero-order valence-corrected chi connectivity index (χ0v) is 31.0. The zero-order valence-electron chi connectivity index (χ0n) is 29.4. The fraction of sp³-hybridized carbons (Fsp3) is 0.487. The van der Waals surface area contributed by atoms with Crippen molar-refractivity contribution in [2.75, 3.05) is 30.4 Å². The molecule has 3 N–H and O–H groups in total. The Hall–Kier alpha value is -3.68. The lowest BCUT2D eigenvalue weighted by atomic mass is 9.70. The van der Waals surface area contributed by atoms with Gasteiger partial charge >= 0.3 is 0 Å². The topological polar surface area (TPSA) is 143 Å². The Morgan fingerprint density at radius 3 is 2.79 bits per heavy atom. The number of aliphatic hydroxyl groups excluding tert-OH is 2. The smallest absolute Gasteiger partial charge is 0.286 e. The first kappa shape index (κ1) is 36.7. The molecule has 278 valence electrons. The number of allylic oxidation sites excluding steroid dienone is 1.